The third kappa shape index (κ3) is 5.84. The largest absolute Gasteiger partial charge is 0.370 e. The molecule has 7 nitrogen and oxygen atoms in total. The highest BCUT2D eigenvalue weighted by atomic mass is 32.2. The van der Waals surface area contributed by atoms with Crippen molar-refractivity contribution in [3.8, 4) is 0 Å². The number of thioether (sulfide) groups is 1. The fourth-order valence-corrected chi connectivity index (χ4v) is 3.66. The molecule has 0 radical (unpaired) electrons. The van der Waals surface area contributed by atoms with Crippen molar-refractivity contribution < 1.29 is 4.79 Å². The van der Waals surface area contributed by atoms with Crippen molar-refractivity contribution in [1.82, 2.24) is 14.0 Å². The zero-order valence-corrected chi connectivity index (χ0v) is 17.7. The van der Waals surface area contributed by atoms with Crippen LogP contribution in [-0.4, -0.2) is 51.7 Å². The average Bonchev–Trinajstić information content (AvgIpc) is 2.69. The smallest absolute Gasteiger partial charge is 0.332 e. The molecule has 1 aromatic carbocycles. The molecule has 0 saturated heterocycles. The highest BCUT2D eigenvalue weighted by Gasteiger charge is 2.07. The number of benzene rings is 1. The minimum absolute atomic E-state index is 0.0787. The number of carbonyl (C=O) groups excluding carboxylic acids is 1. The van der Waals surface area contributed by atoms with Gasteiger partial charge in [0.1, 0.15) is 5.82 Å². The molecule has 8 heteroatoms. The number of likely N-dealkylation sites (N-methyl/N-ethyl adjacent to an activating group) is 1. The minimum Gasteiger partial charge on any atom is -0.370 e. The number of rotatable bonds is 10. The van der Waals surface area contributed by atoms with Crippen molar-refractivity contribution in [3.05, 3.63) is 56.7 Å². The molecular weight excluding hydrogens is 376 g/mol. The number of anilines is 1. The average molecular weight is 405 g/mol. The molecule has 0 aliphatic carbocycles. The second-order valence-corrected chi connectivity index (χ2v) is 7.73. The van der Waals surface area contributed by atoms with E-state index < -0.39 is 0 Å². The molecule has 1 N–H and O–H groups in total. The van der Waals surface area contributed by atoms with Gasteiger partial charge in [0, 0.05) is 56.0 Å². The van der Waals surface area contributed by atoms with Gasteiger partial charge in [0.15, 0.2) is 5.78 Å². The lowest BCUT2D eigenvalue weighted by molar-refractivity contribution is 0.101. The van der Waals surface area contributed by atoms with Crippen molar-refractivity contribution >= 4 is 23.4 Å². The Balaban J connectivity index is 1.81. The summed E-state index contributed by atoms with van der Waals surface area (Å²) in [6.07, 6.45) is 0. The first-order chi connectivity index (χ1) is 13.3. The molecule has 0 atom stereocenters. The van der Waals surface area contributed by atoms with Gasteiger partial charge in [-0.1, -0.05) is 19.1 Å². The fraction of sp³-hybridized carbons (Fsp3) is 0.450. The number of ketones is 1. The zero-order valence-electron chi connectivity index (χ0n) is 16.9. The van der Waals surface area contributed by atoms with Crippen LogP contribution in [0.2, 0.25) is 0 Å². The fourth-order valence-electron chi connectivity index (χ4n) is 2.75. The molecule has 0 fully saturated rings. The lowest BCUT2D eigenvalue weighted by Gasteiger charge is -2.21. The maximum Gasteiger partial charge on any atom is 0.332 e. The van der Waals surface area contributed by atoms with Gasteiger partial charge in [-0.2, -0.15) is 0 Å². The summed E-state index contributed by atoms with van der Waals surface area (Å²) < 4.78 is 2.53. The zero-order chi connectivity index (χ0) is 20.7. The van der Waals surface area contributed by atoms with Gasteiger partial charge in [0.05, 0.1) is 0 Å². The van der Waals surface area contributed by atoms with E-state index in [4.69, 9.17) is 0 Å². The van der Waals surface area contributed by atoms with Gasteiger partial charge < -0.3 is 10.2 Å². The summed E-state index contributed by atoms with van der Waals surface area (Å²) in [5, 5.41) is 3.18. The standard InChI is InChI=1S/C20H28N4O3S/c1-5-24(12-13-28-17-8-6-16(7-9-17)15(2)25)11-10-21-18-14-19(26)23(4)20(27)22(18)3/h6-9,14,21H,5,10-13H2,1-4H3. The predicted octanol–water partition coefficient (Wildman–Crippen LogP) is 1.81. The summed E-state index contributed by atoms with van der Waals surface area (Å²) in [7, 11) is 3.12. The topological polar surface area (TPSA) is 76.3 Å². The number of nitrogens with zero attached hydrogens (tertiary/aromatic N) is 3. The molecule has 1 heterocycles. The number of aromatic nitrogens is 2. The first kappa shape index (κ1) is 22.0. The van der Waals surface area contributed by atoms with Crippen LogP contribution < -0.4 is 16.6 Å². The summed E-state index contributed by atoms with van der Waals surface area (Å²) in [6.45, 7) is 6.98. The number of Topliss-reactive ketones (excluding diaryl/α,β-unsaturated/α-hetero) is 1. The molecule has 152 valence electrons. The third-order valence-electron chi connectivity index (χ3n) is 4.64. The molecule has 0 aliphatic rings. The van der Waals surface area contributed by atoms with Gasteiger partial charge in [0.25, 0.3) is 5.56 Å². The SMILES string of the molecule is CCN(CCNc1cc(=O)n(C)c(=O)n1C)CCSc1ccc(C(C)=O)cc1. The van der Waals surface area contributed by atoms with E-state index in [0.29, 0.717) is 12.4 Å². The van der Waals surface area contributed by atoms with Gasteiger partial charge in [-0.05, 0) is 25.6 Å². The van der Waals surface area contributed by atoms with Gasteiger partial charge in [-0.25, -0.2) is 4.79 Å². The Morgan fingerprint density at radius 1 is 1.11 bits per heavy atom. The summed E-state index contributed by atoms with van der Waals surface area (Å²) in [5.41, 5.74) is 0.0791. The van der Waals surface area contributed by atoms with E-state index >= 15 is 0 Å². The molecule has 1 aromatic heterocycles. The van der Waals surface area contributed by atoms with E-state index in [1.807, 2.05) is 24.3 Å². The van der Waals surface area contributed by atoms with Crippen molar-refractivity contribution in [2.75, 3.05) is 37.2 Å². The molecule has 0 saturated carbocycles. The van der Waals surface area contributed by atoms with Crippen LogP contribution in [0.1, 0.15) is 24.2 Å². The van der Waals surface area contributed by atoms with Gasteiger partial charge in [0.2, 0.25) is 0 Å². The summed E-state index contributed by atoms with van der Waals surface area (Å²) in [5.74, 6) is 1.55. The molecule has 2 aromatic rings. The maximum atomic E-state index is 12.0. The van der Waals surface area contributed by atoms with Crippen LogP contribution >= 0.6 is 11.8 Å². The van der Waals surface area contributed by atoms with Crippen LogP contribution in [-0.2, 0) is 14.1 Å². The lowest BCUT2D eigenvalue weighted by Crippen LogP contribution is -2.38. The van der Waals surface area contributed by atoms with E-state index in [1.165, 1.54) is 17.7 Å². The second-order valence-electron chi connectivity index (χ2n) is 6.56. The molecule has 28 heavy (non-hydrogen) atoms. The first-order valence-corrected chi connectivity index (χ1v) is 10.3. The molecule has 0 amide bonds. The van der Waals surface area contributed by atoms with Crippen molar-refractivity contribution in [1.29, 1.82) is 0 Å². The van der Waals surface area contributed by atoms with E-state index in [1.54, 1.807) is 25.7 Å². The Bertz CT molecular complexity index is 919. The second kappa shape index (κ2) is 10.3. The van der Waals surface area contributed by atoms with Gasteiger partial charge in [-0.3, -0.25) is 18.7 Å². The van der Waals surface area contributed by atoms with E-state index in [0.717, 1.165) is 40.4 Å². The number of carbonyl (C=O) groups is 1. The first-order valence-electron chi connectivity index (χ1n) is 9.30. The predicted molar refractivity (Wildman–Crippen MR) is 115 cm³/mol. The minimum atomic E-state index is -0.338. The van der Waals surface area contributed by atoms with Crippen LogP contribution in [0, 0.1) is 0 Å². The van der Waals surface area contributed by atoms with Crippen molar-refractivity contribution in [2.45, 2.75) is 18.7 Å². The normalized spacial score (nSPS) is 11.0. The quantitative estimate of drug-likeness (QED) is 0.481. The van der Waals surface area contributed by atoms with Crippen LogP contribution in [0.4, 0.5) is 5.82 Å². The van der Waals surface area contributed by atoms with Crippen molar-refractivity contribution in [2.24, 2.45) is 14.1 Å². The van der Waals surface area contributed by atoms with E-state index in [9.17, 15) is 14.4 Å². The summed E-state index contributed by atoms with van der Waals surface area (Å²) >= 11 is 1.76. The van der Waals surface area contributed by atoms with Gasteiger partial charge >= 0.3 is 5.69 Å². The lowest BCUT2D eigenvalue weighted by atomic mass is 10.2. The third-order valence-corrected chi connectivity index (χ3v) is 5.64. The molecule has 0 aliphatic heterocycles. The van der Waals surface area contributed by atoms with Crippen molar-refractivity contribution in [3.63, 3.8) is 0 Å². The Morgan fingerprint density at radius 3 is 2.39 bits per heavy atom. The van der Waals surface area contributed by atoms with E-state index in [2.05, 4.69) is 17.1 Å². The summed E-state index contributed by atoms with van der Waals surface area (Å²) in [4.78, 5) is 38.5. The highest BCUT2D eigenvalue weighted by Crippen LogP contribution is 2.18. The van der Waals surface area contributed by atoms with Gasteiger partial charge in [-0.15, -0.1) is 11.8 Å². The monoisotopic (exact) mass is 404 g/mol. The van der Waals surface area contributed by atoms with Crippen LogP contribution in [0.3, 0.4) is 0 Å². The Labute approximate surface area is 169 Å². The Kier molecular flexibility index (Phi) is 8.07. The molecular formula is C20H28N4O3S. The van der Waals surface area contributed by atoms with Crippen LogP contribution in [0.15, 0.2) is 44.8 Å². The highest BCUT2D eigenvalue weighted by molar-refractivity contribution is 7.99. The number of nitrogens with one attached hydrogen (secondary N) is 1. The molecule has 0 unspecified atom stereocenters. The van der Waals surface area contributed by atoms with E-state index in [-0.39, 0.29) is 17.0 Å². The molecule has 0 spiro atoms. The Morgan fingerprint density at radius 2 is 1.79 bits per heavy atom. The van der Waals surface area contributed by atoms with Crippen LogP contribution in [0.25, 0.3) is 0 Å². The van der Waals surface area contributed by atoms with Crippen LogP contribution in [0.5, 0.6) is 0 Å². The summed E-state index contributed by atoms with van der Waals surface area (Å²) in [6, 6.07) is 9.13. The number of hydrogen-bond acceptors (Lipinski definition) is 6. The molecule has 0 bridgehead atoms. The number of hydrogen-bond donors (Lipinski definition) is 1. The molecule has 2 rings (SSSR count). The maximum absolute atomic E-state index is 12.0. The Hall–Kier alpha value is -2.32.